The van der Waals surface area contributed by atoms with Crippen molar-refractivity contribution in [1.29, 1.82) is 0 Å². The van der Waals surface area contributed by atoms with E-state index in [1.807, 2.05) is 79.7 Å². The third-order valence-corrected chi connectivity index (χ3v) is 5.13. The van der Waals surface area contributed by atoms with Gasteiger partial charge in [0.1, 0.15) is 5.69 Å². The molecule has 0 atom stereocenters. The van der Waals surface area contributed by atoms with Gasteiger partial charge in [0.05, 0.1) is 22.1 Å². The lowest BCUT2D eigenvalue weighted by molar-refractivity contribution is 0.103. The Labute approximate surface area is 160 Å². The van der Waals surface area contributed by atoms with Crippen molar-refractivity contribution < 1.29 is 4.79 Å². The number of hydrogen-bond acceptors (Lipinski definition) is 2. The maximum atomic E-state index is 13.3. The van der Waals surface area contributed by atoms with Gasteiger partial charge in [-0.3, -0.25) is 4.79 Å². The zero-order valence-corrected chi connectivity index (χ0v) is 15.4. The molecule has 5 aromatic rings. The molecule has 4 heteroatoms. The molecular formula is C23H15ClN2O. The number of nitrogens with zero attached hydrogens (tertiary/aromatic N) is 2. The number of ketones is 1. The molecule has 3 nitrogen and oxygen atoms in total. The van der Waals surface area contributed by atoms with E-state index in [9.17, 15) is 4.79 Å². The summed E-state index contributed by atoms with van der Waals surface area (Å²) in [6.45, 7) is 2.00. The minimum Gasteiger partial charge on any atom is -0.305 e. The Bertz CT molecular complexity index is 1350. The number of carbonyl (C=O) groups excluding carboxylic acids is 1. The highest BCUT2D eigenvalue weighted by molar-refractivity contribution is 6.31. The molecule has 0 saturated heterocycles. The summed E-state index contributed by atoms with van der Waals surface area (Å²) in [6, 6.07) is 23.2. The molecule has 3 aromatic carbocycles. The molecule has 27 heavy (non-hydrogen) atoms. The minimum atomic E-state index is -0.0837. The van der Waals surface area contributed by atoms with Gasteiger partial charge in [-0.25, -0.2) is 4.98 Å². The summed E-state index contributed by atoms with van der Waals surface area (Å²) < 4.78 is 2.09. The van der Waals surface area contributed by atoms with Crippen LogP contribution in [0.1, 0.15) is 21.6 Å². The molecule has 130 valence electrons. The van der Waals surface area contributed by atoms with Gasteiger partial charge in [-0.1, -0.05) is 53.6 Å². The smallest absolute Gasteiger partial charge is 0.213 e. The number of benzene rings is 3. The summed E-state index contributed by atoms with van der Waals surface area (Å²) in [7, 11) is 0. The lowest BCUT2D eigenvalue weighted by Gasteiger charge is -2.09. The Hall–Kier alpha value is -3.17. The Morgan fingerprint density at radius 2 is 1.67 bits per heavy atom. The van der Waals surface area contributed by atoms with E-state index in [2.05, 4.69) is 4.40 Å². The van der Waals surface area contributed by atoms with Gasteiger partial charge in [-0.2, -0.15) is 0 Å². The molecule has 0 N–H and O–H groups in total. The number of halogens is 1. The second kappa shape index (κ2) is 5.93. The fourth-order valence-corrected chi connectivity index (χ4v) is 3.73. The Morgan fingerprint density at radius 1 is 0.889 bits per heavy atom. The topological polar surface area (TPSA) is 34.4 Å². The first-order valence-corrected chi connectivity index (χ1v) is 9.10. The van der Waals surface area contributed by atoms with Gasteiger partial charge >= 0.3 is 0 Å². The van der Waals surface area contributed by atoms with Gasteiger partial charge in [-0.15, -0.1) is 0 Å². The van der Waals surface area contributed by atoms with Crippen molar-refractivity contribution in [3.63, 3.8) is 0 Å². The van der Waals surface area contributed by atoms with Crippen molar-refractivity contribution in [2.75, 3.05) is 0 Å². The SMILES string of the molecule is Cc1ccc(C(=O)c2nc3ccccc3n3c2cc2cc(Cl)ccc23)cc1. The van der Waals surface area contributed by atoms with Gasteiger partial charge in [0.2, 0.25) is 5.78 Å². The molecule has 0 radical (unpaired) electrons. The van der Waals surface area contributed by atoms with Crippen molar-refractivity contribution in [3.8, 4) is 0 Å². The lowest BCUT2D eigenvalue weighted by Crippen LogP contribution is -2.07. The Kier molecular flexibility index (Phi) is 3.52. The zero-order chi connectivity index (χ0) is 18.5. The van der Waals surface area contributed by atoms with Crippen LogP contribution in [0.2, 0.25) is 5.02 Å². The molecule has 2 aromatic heterocycles. The molecular weight excluding hydrogens is 356 g/mol. The fourth-order valence-electron chi connectivity index (χ4n) is 3.55. The number of carbonyl (C=O) groups is 1. The minimum absolute atomic E-state index is 0.0837. The largest absolute Gasteiger partial charge is 0.305 e. The van der Waals surface area contributed by atoms with E-state index < -0.39 is 0 Å². The maximum Gasteiger partial charge on any atom is 0.213 e. The average molecular weight is 371 g/mol. The Morgan fingerprint density at radius 3 is 2.48 bits per heavy atom. The van der Waals surface area contributed by atoms with Crippen LogP contribution in [0.5, 0.6) is 0 Å². The number of aromatic nitrogens is 2. The maximum absolute atomic E-state index is 13.3. The molecule has 0 amide bonds. The summed E-state index contributed by atoms with van der Waals surface area (Å²) in [5.74, 6) is -0.0837. The molecule has 5 rings (SSSR count). The first-order valence-electron chi connectivity index (χ1n) is 8.73. The summed E-state index contributed by atoms with van der Waals surface area (Å²) in [4.78, 5) is 18.0. The van der Waals surface area contributed by atoms with Crippen molar-refractivity contribution in [3.05, 3.63) is 94.6 Å². The van der Waals surface area contributed by atoms with Crippen molar-refractivity contribution >= 4 is 44.8 Å². The van der Waals surface area contributed by atoms with Crippen LogP contribution in [0.3, 0.4) is 0 Å². The van der Waals surface area contributed by atoms with E-state index in [-0.39, 0.29) is 5.78 Å². The summed E-state index contributed by atoms with van der Waals surface area (Å²) >= 11 is 6.19. The van der Waals surface area contributed by atoms with E-state index >= 15 is 0 Å². The first kappa shape index (κ1) is 16.0. The van der Waals surface area contributed by atoms with Crippen LogP contribution >= 0.6 is 11.6 Å². The lowest BCUT2D eigenvalue weighted by atomic mass is 10.1. The van der Waals surface area contributed by atoms with Crippen LogP contribution in [0.15, 0.2) is 72.8 Å². The summed E-state index contributed by atoms with van der Waals surface area (Å²) in [5.41, 5.74) is 5.74. The molecule has 0 bridgehead atoms. The summed E-state index contributed by atoms with van der Waals surface area (Å²) in [6.07, 6.45) is 0. The van der Waals surface area contributed by atoms with Crippen LogP contribution in [0.25, 0.3) is 27.5 Å². The molecule has 0 aliphatic heterocycles. The fraction of sp³-hybridized carbons (Fsp3) is 0.0435. The number of fused-ring (bicyclic) bond motifs is 5. The van der Waals surface area contributed by atoms with Crippen LogP contribution in [-0.2, 0) is 0 Å². The second-order valence-corrected chi connectivity index (χ2v) is 7.15. The molecule has 0 saturated carbocycles. The predicted molar refractivity (Wildman–Crippen MR) is 110 cm³/mol. The van der Waals surface area contributed by atoms with Crippen LogP contribution in [-0.4, -0.2) is 15.2 Å². The zero-order valence-electron chi connectivity index (χ0n) is 14.6. The van der Waals surface area contributed by atoms with Crippen LogP contribution < -0.4 is 0 Å². The second-order valence-electron chi connectivity index (χ2n) is 6.71. The molecule has 0 unspecified atom stereocenters. The highest BCUT2D eigenvalue weighted by Gasteiger charge is 2.19. The van der Waals surface area contributed by atoms with E-state index in [4.69, 9.17) is 16.6 Å². The first-order chi connectivity index (χ1) is 13.1. The van der Waals surface area contributed by atoms with E-state index in [1.165, 1.54) is 0 Å². The molecule has 0 aliphatic carbocycles. The monoisotopic (exact) mass is 370 g/mol. The average Bonchev–Trinajstić information content (AvgIpc) is 3.06. The quantitative estimate of drug-likeness (QED) is 0.366. The van der Waals surface area contributed by atoms with Gasteiger partial charge in [-0.05, 0) is 43.3 Å². The van der Waals surface area contributed by atoms with E-state index in [0.29, 0.717) is 16.3 Å². The molecule has 0 aliphatic rings. The van der Waals surface area contributed by atoms with Crippen molar-refractivity contribution in [2.24, 2.45) is 0 Å². The van der Waals surface area contributed by atoms with E-state index in [0.717, 1.165) is 33.0 Å². The van der Waals surface area contributed by atoms with E-state index in [1.54, 1.807) is 0 Å². The van der Waals surface area contributed by atoms with Gasteiger partial charge in [0.25, 0.3) is 0 Å². The Balaban J connectivity index is 1.89. The van der Waals surface area contributed by atoms with Crippen molar-refractivity contribution in [1.82, 2.24) is 9.38 Å². The van der Waals surface area contributed by atoms with Crippen LogP contribution in [0.4, 0.5) is 0 Å². The highest BCUT2D eigenvalue weighted by atomic mass is 35.5. The summed E-state index contributed by atoms with van der Waals surface area (Å²) in [5, 5.41) is 1.65. The highest BCUT2D eigenvalue weighted by Crippen LogP contribution is 2.29. The van der Waals surface area contributed by atoms with Gasteiger partial charge in [0, 0.05) is 16.0 Å². The molecule has 2 heterocycles. The number of hydrogen-bond donors (Lipinski definition) is 0. The third-order valence-electron chi connectivity index (χ3n) is 4.89. The van der Waals surface area contributed by atoms with Gasteiger partial charge < -0.3 is 4.40 Å². The number of para-hydroxylation sites is 2. The predicted octanol–water partition coefficient (Wildman–Crippen LogP) is 5.83. The normalized spacial score (nSPS) is 11.5. The molecule has 0 spiro atoms. The molecule has 0 fully saturated rings. The third kappa shape index (κ3) is 2.51. The van der Waals surface area contributed by atoms with Crippen LogP contribution in [0, 0.1) is 6.92 Å². The number of rotatable bonds is 2. The van der Waals surface area contributed by atoms with Gasteiger partial charge in [0.15, 0.2) is 0 Å². The van der Waals surface area contributed by atoms with Crippen molar-refractivity contribution in [2.45, 2.75) is 6.92 Å². The number of aryl methyl sites for hydroxylation is 1. The standard InChI is InChI=1S/C23H15ClN2O/c1-14-6-8-15(9-7-14)23(27)22-21-13-16-12-17(24)10-11-19(16)26(21)20-5-3-2-4-18(20)25-22/h2-13H,1H3.